The zero-order valence-electron chi connectivity index (χ0n) is 12.6. The smallest absolute Gasteiger partial charge is 0.247 e. The Labute approximate surface area is 144 Å². The van der Waals surface area contributed by atoms with Crippen LogP contribution in [0.4, 0.5) is 0 Å². The van der Waals surface area contributed by atoms with Crippen molar-refractivity contribution in [3.63, 3.8) is 0 Å². The average molecular weight is 371 g/mol. The Kier molecular flexibility index (Phi) is 6.23. The summed E-state index contributed by atoms with van der Waals surface area (Å²) in [5, 5.41) is 7.83. The van der Waals surface area contributed by atoms with Gasteiger partial charge in [0.1, 0.15) is 4.21 Å². The van der Waals surface area contributed by atoms with E-state index in [9.17, 15) is 13.2 Å². The molecule has 5 nitrogen and oxygen atoms in total. The lowest BCUT2D eigenvalue weighted by atomic mass is 10.2. The van der Waals surface area contributed by atoms with E-state index in [2.05, 4.69) is 11.4 Å². The van der Waals surface area contributed by atoms with Gasteiger partial charge in [-0.05, 0) is 24.6 Å². The molecule has 0 radical (unpaired) electrons. The van der Waals surface area contributed by atoms with Crippen molar-refractivity contribution >= 4 is 39.0 Å². The van der Waals surface area contributed by atoms with Gasteiger partial charge in [-0.2, -0.15) is 0 Å². The first-order chi connectivity index (χ1) is 10.8. The highest BCUT2D eigenvalue weighted by Gasteiger charge is 2.11. The summed E-state index contributed by atoms with van der Waals surface area (Å²) in [5.74, 6) is 1.07. The topological polar surface area (TPSA) is 89.3 Å². The number of nitrogens with two attached hydrogens (primary N) is 1. The third-order valence-corrected chi connectivity index (χ3v) is 6.49. The summed E-state index contributed by atoms with van der Waals surface area (Å²) in [6, 6.07) is 11.3. The number of hydrogen-bond acceptors (Lipinski definition) is 5. The molecule has 0 aliphatic heterocycles. The Balaban J connectivity index is 1.74. The van der Waals surface area contributed by atoms with E-state index in [1.165, 1.54) is 17.2 Å². The van der Waals surface area contributed by atoms with Crippen LogP contribution < -0.4 is 10.5 Å². The van der Waals surface area contributed by atoms with Crippen molar-refractivity contribution < 1.29 is 13.2 Å². The summed E-state index contributed by atoms with van der Waals surface area (Å²) in [5.41, 5.74) is 2.40. The summed E-state index contributed by atoms with van der Waals surface area (Å²) >= 11 is 2.61. The molecule has 23 heavy (non-hydrogen) atoms. The summed E-state index contributed by atoms with van der Waals surface area (Å²) in [7, 11) is -3.67. The maximum absolute atomic E-state index is 11.8. The van der Waals surface area contributed by atoms with Gasteiger partial charge in [0, 0.05) is 10.6 Å². The number of hydrogen-bond donors (Lipinski definition) is 2. The average Bonchev–Trinajstić information content (AvgIpc) is 2.94. The highest BCUT2D eigenvalue weighted by atomic mass is 32.2. The maximum Gasteiger partial charge on any atom is 0.247 e. The van der Waals surface area contributed by atoms with Gasteiger partial charge in [0.05, 0.1) is 12.3 Å². The number of sulfonamides is 1. The van der Waals surface area contributed by atoms with E-state index in [-0.39, 0.29) is 10.1 Å². The molecular formula is C15H18N2O3S3. The fourth-order valence-corrected chi connectivity index (χ4v) is 4.43. The van der Waals surface area contributed by atoms with Crippen LogP contribution in [0.5, 0.6) is 0 Å². The predicted molar refractivity (Wildman–Crippen MR) is 94.9 cm³/mol. The molecule has 0 unspecified atom stereocenters. The number of aryl methyl sites for hydroxylation is 1. The van der Waals surface area contributed by atoms with Gasteiger partial charge in [-0.15, -0.1) is 23.1 Å². The highest BCUT2D eigenvalue weighted by molar-refractivity contribution is 7.99. The monoisotopic (exact) mass is 370 g/mol. The van der Waals surface area contributed by atoms with Crippen LogP contribution in [0, 0.1) is 6.92 Å². The van der Waals surface area contributed by atoms with E-state index in [4.69, 9.17) is 5.14 Å². The molecule has 1 aromatic heterocycles. The summed E-state index contributed by atoms with van der Waals surface area (Å²) in [6.45, 7) is 2.35. The number of carbonyl (C=O) groups excluding carboxylic acids is 1. The van der Waals surface area contributed by atoms with E-state index in [0.717, 1.165) is 22.0 Å². The number of nitrogens with one attached hydrogen (secondary N) is 1. The van der Waals surface area contributed by atoms with E-state index < -0.39 is 10.0 Å². The van der Waals surface area contributed by atoms with Crippen molar-refractivity contribution in [1.82, 2.24) is 5.32 Å². The van der Waals surface area contributed by atoms with Crippen LogP contribution in [0.2, 0.25) is 0 Å². The van der Waals surface area contributed by atoms with E-state index in [1.54, 1.807) is 17.8 Å². The molecule has 2 aromatic rings. The highest BCUT2D eigenvalue weighted by Crippen LogP contribution is 2.20. The number of thioether (sulfide) groups is 1. The number of thiophene rings is 1. The first-order valence-electron chi connectivity index (χ1n) is 6.86. The summed E-state index contributed by atoms with van der Waals surface area (Å²) < 4.78 is 22.5. The molecule has 2 rings (SSSR count). The molecule has 0 saturated heterocycles. The molecule has 1 heterocycles. The van der Waals surface area contributed by atoms with E-state index >= 15 is 0 Å². The molecule has 1 aromatic carbocycles. The molecule has 3 N–H and O–H groups in total. The number of benzene rings is 1. The standard InChI is InChI=1S/C15H18N2O3S3/c1-11-3-2-4-12(7-11)9-21-10-14(18)17-8-13-5-6-15(22-13)23(16,19)20/h2-7H,8-10H2,1H3,(H,17,18)(H2,16,19,20). The van der Waals surface area contributed by atoms with Crippen LogP contribution in [0.25, 0.3) is 0 Å². The zero-order valence-corrected chi connectivity index (χ0v) is 15.1. The van der Waals surface area contributed by atoms with Crippen LogP contribution in [0.3, 0.4) is 0 Å². The molecule has 0 atom stereocenters. The third-order valence-electron chi connectivity index (χ3n) is 2.96. The SMILES string of the molecule is Cc1cccc(CSCC(=O)NCc2ccc(S(N)(=O)=O)s2)c1. The summed E-state index contributed by atoms with van der Waals surface area (Å²) in [6.07, 6.45) is 0. The normalized spacial score (nSPS) is 11.4. The minimum atomic E-state index is -3.67. The van der Waals surface area contributed by atoms with Crippen LogP contribution in [0.15, 0.2) is 40.6 Å². The van der Waals surface area contributed by atoms with Crippen molar-refractivity contribution in [2.24, 2.45) is 5.14 Å². The molecule has 0 aliphatic rings. The van der Waals surface area contributed by atoms with Gasteiger partial charge in [0.15, 0.2) is 0 Å². The molecule has 1 amide bonds. The molecule has 124 valence electrons. The molecule has 0 bridgehead atoms. The lowest BCUT2D eigenvalue weighted by Gasteiger charge is -2.04. The number of primary sulfonamides is 1. The van der Waals surface area contributed by atoms with Gasteiger partial charge in [-0.25, -0.2) is 13.6 Å². The van der Waals surface area contributed by atoms with Crippen molar-refractivity contribution in [2.45, 2.75) is 23.4 Å². The third kappa shape index (κ3) is 5.98. The second-order valence-corrected chi connectivity index (χ2v) is 8.97. The van der Waals surface area contributed by atoms with Gasteiger partial charge in [0.25, 0.3) is 0 Å². The van der Waals surface area contributed by atoms with Gasteiger partial charge in [0.2, 0.25) is 15.9 Å². The number of rotatable bonds is 7. The van der Waals surface area contributed by atoms with Crippen molar-refractivity contribution in [3.8, 4) is 0 Å². The molecule has 0 spiro atoms. The Morgan fingerprint density at radius 1 is 1.30 bits per heavy atom. The minimum Gasteiger partial charge on any atom is -0.350 e. The van der Waals surface area contributed by atoms with Crippen molar-refractivity contribution in [1.29, 1.82) is 0 Å². The maximum atomic E-state index is 11.8. The first kappa shape index (κ1) is 18.0. The molecule has 0 saturated carbocycles. The lowest BCUT2D eigenvalue weighted by molar-refractivity contribution is -0.118. The number of carbonyl (C=O) groups is 1. The van der Waals surface area contributed by atoms with Gasteiger partial charge in [-0.1, -0.05) is 29.8 Å². The lowest BCUT2D eigenvalue weighted by Crippen LogP contribution is -2.24. The second-order valence-electron chi connectivity index (χ2n) is 5.02. The Morgan fingerprint density at radius 2 is 2.09 bits per heavy atom. The fourth-order valence-electron chi connectivity index (χ4n) is 1.91. The van der Waals surface area contributed by atoms with E-state index in [0.29, 0.717) is 12.3 Å². The van der Waals surface area contributed by atoms with Gasteiger partial charge < -0.3 is 5.32 Å². The molecule has 0 fully saturated rings. The fraction of sp³-hybridized carbons (Fsp3) is 0.267. The first-order valence-corrected chi connectivity index (χ1v) is 10.4. The van der Waals surface area contributed by atoms with Crippen molar-refractivity contribution in [2.75, 3.05) is 5.75 Å². The van der Waals surface area contributed by atoms with Crippen LogP contribution >= 0.6 is 23.1 Å². The minimum absolute atomic E-state index is 0.0757. The Bertz CT molecular complexity index is 785. The predicted octanol–water partition coefficient (Wildman–Crippen LogP) is 2.25. The van der Waals surface area contributed by atoms with Gasteiger partial charge in [-0.3, -0.25) is 4.79 Å². The molecule has 0 aliphatic carbocycles. The van der Waals surface area contributed by atoms with E-state index in [1.807, 2.05) is 25.1 Å². The molecule has 8 heteroatoms. The zero-order chi connectivity index (χ0) is 16.9. The van der Waals surface area contributed by atoms with Crippen LogP contribution in [-0.2, 0) is 27.1 Å². The van der Waals surface area contributed by atoms with Crippen molar-refractivity contribution in [3.05, 3.63) is 52.4 Å². The largest absolute Gasteiger partial charge is 0.350 e. The van der Waals surface area contributed by atoms with Crippen LogP contribution in [0.1, 0.15) is 16.0 Å². The van der Waals surface area contributed by atoms with Gasteiger partial charge >= 0.3 is 0 Å². The van der Waals surface area contributed by atoms with Crippen LogP contribution in [-0.4, -0.2) is 20.1 Å². The summed E-state index contributed by atoms with van der Waals surface area (Å²) in [4.78, 5) is 12.6. The quantitative estimate of drug-likeness (QED) is 0.782. The Morgan fingerprint density at radius 3 is 2.74 bits per heavy atom. The molecular weight excluding hydrogens is 352 g/mol. The number of amides is 1. The second kappa shape index (κ2) is 7.96. The Hall–Kier alpha value is -1.35.